The van der Waals surface area contributed by atoms with Crippen LogP contribution in [-0.4, -0.2) is 36.3 Å². The van der Waals surface area contributed by atoms with Gasteiger partial charge in [0.2, 0.25) is 11.8 Å². The third kappa shape index (κ3) is 5.50. The van der Waals surface area contributed by atoms with Gasteiger partial charge in [0.15, 0.2) is 0 Å². The Morgan fingerprint density at radius 2 is 1.75 bits per heavy atom. The summed E-state index contributed by atoms with van der Waals surface area (Å²) in [7, 11) is 0. The van der Waals surface area contributed by atoms with Crippen molar-refractivity contribution in [3.63, 3.8) is 0 Å². The average Bonchev–Trinajstić information content (AvgIpc) is 3.19. The molecule has 5 nitrogen and oxygen atoms in total. The van der Waals surface area contributed by atoms with Crippen LogP contribution in [0.15, 0.2) is 48.5 Å². The molecule has 1 saturated heterocycles. The molecular weight excluding hydrogens is 388 g/mol. The maximum atomic E-state index is 14.0. The Kier molecular flexibility index (Phi) is 7.90. The van der Waals surface area contributed by atoms with Crippen LogP contribution in [0.5, 0.6) is 0 Å². The Balaban J connectivity index is 0.00000280. The minimum Gasteiger partial charge on any atom is -0.329 e. The van der Waals surface area contributed by atoms with Gasteiger partial charge in [0.05, 0.1) is 11.6 Å². The summed E-state index contributed by atoms with van der Waals surface area (Å²) in [5.74, 6) is -1.99. The summed E-state index contributed by atoms with van der Waals surface area (Å²) in [6.45, 7) is 0.956. The molecule has 0 bridgehead atoms. The van der Waals surface area contributed by atoms with Crippen molar-refractivity contribution in [3.05, 3.63) is 65.7 Å². The maximum absolute atomic E-state index is 14.0. The highest BCUT2D eigenvalue weighted by Gasteiger charge is 2.29. The van der Waals surface area contributed by atoms with Crippen LogP contribution < -0.4 is 10.6 Å². The van der Waals surface area contributed by atoms with E-state index < -0.39 is 17.5 Å². The van der Waals surface area contributed by atoms with Gasteiger partial charge in [0.25, 0.3) is 0 Å². The predicted molar refractivity (Wildman–Crippen MR) is 105 cm³/mol. The number of rotatable bonds is 6. The van der Waals surface area contributed by atoms with Gasteiger partial charge in [-0.25, -0.2) is 8.78 Å². The lowest BCUT2D eigenvalue weighted by Gasteiger charge is -2.25. The SMILES string of the molecule is Cl.O=C(CN(Cc1ccccc1F)C(=O)C1CCNC1)Nc1ccccc1F. The molecule has 2 N–H and O–H groups in total. The smallest absolute Gasteiger partial charge is 0.244 e. The molecular formula is C20H22ClF2N3O2. The molecule has 0 radical (unpaired) electrons. The maximum Gasteiger partial charge on any atom is 0.244 e. The summed E-state index contributed by atoms with van der Waals surface area (Å²) >= 11 is 0. The molecule has 2 amide bonds. The van der Waals surface area contributed by atoms with E-state index in [0.29, 0.717) is 18.5 Å². The summed E-state index contributed by atoms with van der Waals surface area (Å²) in [5, 5.41) is 5.58. The largest absolute Gasteiger partial charge is 0.329 e. The summed E-state index contributed by atoms with van der Waals surface area (Å²) in [6.07, 6.45) is 0.668. The molecule has 1 fully saturated rings. The Morgan fingerprint density at radius 3 is 2.39 bits per heavy atom. The van der Waals surface area contributed by atoms with Gasteiger partial charge in [-0.2, -0.15) is 0 Å². The summed E-state index contributed by atoms with van der Waals surface area (Å²) in [6, 6.07) is 11.9. The molecule has 2 aromatic carbocycles. The van der Waals surface area contributed by atoms with Crippen molar-refractivity contribution in [1.82, 2.24) is 10.2 Å². The number of carbonyl (C=O) groups is 2. The van der Waals surface area contributed by atoms with Crippen LogP contribution in [0, 0.1) is 17.6 Å². The van der Waals surface area contributed by atoms with E-state index in [4.69, 9.17) is 0 Å². The lowest BCUT2D eigenvalue weighted by molar-refractivity contribution is -0.138. The van der Waals surface area contributed by atoms with Crippen LogP contribution in [0.2, 0.25) is 0 Å². The van der Waals surface area contributed by atoms with E-state index in [0.717, 1.165) is 6.54 Å². The second-order valence-corrected chi connectivity index (χ2v) is 6.50. The highest BCUT2D eigenvalue weighted by molar-refractivity contribution is 5.95. The quantitative estimate of drug-likeness (QED) is 0.771. The number of carbonyl (C=O) groups excluding carboxylic acids is 2. The minimum atomic E-state index is -0.558. The van der Waals surface area contributed by atoms with Crippen LogP contribution >= 0.6 is 12.4 Å². The van der Waals surface area contributed by atoms with Gasteiger partial charge in [-0.05, 0) is 31.2 Å². The van der Waals surface area contributed by atoms with E-state index >= 15 is 0 Å². The van der Waals surface area contributed by atoms with Gasteiger partial charge in [0, 0.05) is 18.7 Å². The molecule has 0 aromatic heterocycles. The van der Waals surface area contributed by atoms with Gasteiger partial charge in [-0.15, -0.1) is 12.4 Å². The molecule has 1 unspecified atom stereocenters. The Labute approximate surface area is 168 Å². The summed E-state index contributed by atoms with van der Waals surface area (Å²) in [5.41, 5.74) is 0.374. The van der Waals surface area contributed by atoms with Gasteiger partial charge in [-0.1, -0.05) is 30.3 Å². The van der Waals surface area contributed by atoms with E-state index in [9.17, 15) is 18.4 Å². The van der Waals surface area contributed by atoms with Crippen molar-refractivity contribution in [2.45, 2.75) is 13.0 Å². The highest BCUT2D eigenvalue weighted by Crippen LogP contribution is 2.17. The predicted octanol–water partition coefficient (Wildman–Crippen LogP) is 2.96. The van der Waals surface area contributed by atoms with Gasteiger partial charge in [0.1, 0.15) is 18.2 Å². The number of nitrogens with zero attached hydrogens (tertiary/aromatic N) is 1. The molecule has 1 atom stereocenters. The van der Waals surface area contributed by atoms with Crippen molar-refractivity contribution in [3.8, 4) is 0 Å². The fourth-order valence-corrected chi connectivity index (χ4v) is 3.09. The molecule has 28 heavy (non-hydrogen) atoms. The third-order valence-electron chi connectivity index (χ3n) is 4.52. The van der Waals surface area contributed by atoms with E-state index in [1.807, 2.05) is 0 Å². The zero-order valence-electron chi connectivity index (χ0n) is 15.2. The molecule has 0 aliphatic carbocycles. The van der Waals surface area contributed by atoms with Gasteiger partial charge in [-0.3, -0.25) is 9.59 Å². The molecule has 8 heteroatoms. The monoisotopic (exact) mass is 409 g/mol. The average molecular weight is 410 g/mol. The van der Waals surface area contributed by atoms with Gasteiger partial charge >= 0.3 is 0 Å². The number of para-hydroxylation sites is 1. The first-order chi connectivity index (χ1) is 13.0. The molecule has 0 saturated carbocycles. The van der Waals surface area contributed by atoms with Crippen molar-refractivity contribution < 1.29 is 18.4 Å². The highest BCUT2D eigenvalue weighted by atomic mass is 35.5. The number of hydrogen-bond acceptors (Lipinski definition) is 3. The number of nitrogens with one attached hydrogen (secondary N) is 2. The minimum absolute atomic E-state index is 0. The van der Waals surface area contributed by atoms with Crippen molar-refractivity contribution in [2.75, 3.05) is 25.0 Å². The Bertz CT molecular complexity index is 829. The van der Waals surface area contributed by atoms with Crippen molar-refractivity contribution in [2.24, 2.45) is 5.92 Å². The zero-order valence-corrected chi connectivity index (χ0v) is 16.0. The number of benzene rings is 2. The van der Waals surface area contributed by atoms with E-state index in [1.165, 1.54) is 29.2 Å². The standard InChI is InChI=1S/C20H21F2N3O2.ClH/c21-16-6-2-1-5-15(16)12-25(20(27)14-9-10-23-11-14)13-19(26)24-18-8-4-3-7-17(18)22;/h1-8,14,23H,9-13H2,(H,24,26);1H. The topological polar surface area (TPSA) is 61.4 Å². The van der Waals surface area contributed by atoms with Crippen LogP contribution in [-0.2, 0) is 16.1 Å². The van der Waals surface area contributed by atoms with Crippen LogP contribution in [0.3, 0.4) is 0 Å². The second-order valence-electron chi connectivity index (χ2n) is 6.50. The second kappa shape index (κ2) is 10.1. The molecule has 1 heterocycles. The molecule has 1 aliphatic rings. The normalized spacial score (nSPS) is 15.6. The number of anilines is 1. The Hall–Kier alpha value is -2.51. The fraction of sp³-hybridized carbons (Fsp3) is 0.300. The lowest BCUT2D eigenvalue weighted by atomic mass is 10.1. The molecule has 2 aromatic rings. The van der Waals surface area contributed by atoms with Crippen molar-refractivity contribution >= 4 is 29.9 Å². The third-order valence-corrected chi connectivity index (χ3v) is 4.52. The first-order valence-corrected chi connectivity index (χ1v) is 8.82. The number of hydrogen-bond donors (Lipinski definition) is 2. The van der Waals surface area contributed by atoms with E-state index in [2.05, 4.69) is 10.6 Å². The summed E-state index contributed by atoms with van der Waals surface area (Å²) < 4.78 is 27.8. The number of amides is 2. The zero-order chi connectivity index (χ0) is 19.2. The van der Waals surface area contributed by atoms with Crippen molar-refractivity contribution in [1.29, 1.82) is 0 Å². The number of halogens is 3. The molecule has 150 valence electrons. The molecule has 0 spiro atoms. The van der Waals surface area contributed by atoms with Crippen LogP contribution in [0.25, 0.3) is 0 Å². The van der Waals surface area contributed by atoms with E-state index in [-0.39, 0.29) is 43.0 Å². The van der Waals surface area contributed by atoms with Gasteiger partial charge < -0.3 is 15.5 Å². The van der Waals surface area contributed by atoms with Crippen LogP contribution in [0.4, 0.5) is 14.5 Å². The summed E-state index contributed by atoms with van der Waals surface area (Å²) in [4.78, 5) is 26.5. The van der Waals surface area contributed by atoms with Crippen LogP contribution in [0.1, 0.15) is 12.0 Å². The Morgan fingerprint density at radius 1 is 1.07 bits per heavy atom. The fourth-order valence-electron chi connectivity index (χ4n) is 3.09. The first kappa shape index (κ1) is 21.8. The lowest BCUT2D eigenvalue weighted by Crippen LogP contribution is -2.41. The molecule has 3 rings (SSSR count). The van der Waals surface area contributed by atoms with E-state index in [1.54, 1.807) is 24.3 Å². The first-order valence-electron chi connectivity index (χ1n) is 8.82. The molecule has 1 aliphatic heterocycles.